The van der Waals surface area contributed by atoms with Crippen LogP contribution in [0.5, 0.6) is 0 Å². The number of carbonyl (C=O) groups is 1. The SMILES string of the molecule is C[C@H]([NH2+][C@H](C)C12CC3CC(CC(C3)C1)C2)C(=O)Nc1ccc(S(N)(=O)=O)cc1. The zero-order valence-corrected chi connectivity index (χ0v) is 17.5. The van der Waals surface area contributed by atoms with Crippen LogP contribution in [0.2, 0.25) is 0 Å². The van der Waals surface area contributed by atoms with Crippen molar-refractivity contribution in [1.82, 2.24) is 0 Å². The van der Waals surface area contributed by atoms with Crippen LogP contribution in [0, 0.1) is 23.2 Å². The maximum atomic E-state index is 12.7. The van der Waals surface area contributed by atoms with Gasteiger partial charge in [-0.2, -0.15) is 0 Å². The number of primary sulfonamides is 1. The van der Waals surface area contributed by atoms with Crippen LogP contribution in [0.4, 0.5) is 5.69 Å². The molecule has 5 rings (SSSR count). The number of nitrogens with one attached hydrogen (secondary N) is 1. The minimum absolute atomic E-state index is 0.0422. The zero-order valence-electron chi connectivity index (χ0n) is 16.7. The third-order valence-electron chi connectivity index (χ3n) is 7.49. The van der Waals surface area contributed by atoms with Crippen LogP contribution < -0.4 is 15.8 Å². The lowest BCUT2D eigenvalue weighted by Gasteiger charge is -2.58. The fraction of sp³-hybridized carbons (Fsp3) is 0.667. The van der Waals surface area contributed by atoms with Crippen LogP contribution in [0.15, 0.2) is 29.2 Å². The van der Waals surface area contributed by atoms with Crippen LogP contribution in [0.25, 0.3) is 0 Å². The quantitative estimate of drug-likeness (QED) is 0.671. The van der Waals surface area contributed by atoms with Crippen molar-refractivity contribution >= 4 is 21.6 Å². The van der Waals surface area contributed by atoms with Gasteiger partial charge in [0.05, 0.1) is 10.9 Å². The van der Waals surface area contributed by atoms with Crippen molar-refractivity contribution in [3.05, 3.63) is 24.3 Å². The van der Waals surface area contributed by atoms with Gasteiger partial charge in [-0.05, 0) is 94.4 Å². The summed E-state index contributed by atoms with van der Waals surface area (Å²) in [4.78, 5) is 12.7. The fourth-order valence-electron chi connectivity index (χ4n) is 6.44. The highest BCUT2D eigenvalue weighted by Crippen LogP contribution is 2.60. The number of carbonyl (C=O) groups excluding carboxylic acids is 1. The Morgan fingerprint density at radius 3 is 2.04 bits per heavy atom. The molecule has 0 aromatic heterocycles. The second-order valence-electron chi connectivity index (χ2n) is 9.61. The van der Waals surface area contributed by atoms with Gasteiger partial charge in [-0.25, -0.2) is 13.6 Å². The van der Waals surface area contributed by atoms with Crippen molar-refractivity contribution in [2.45, 2.75) is 69.4 Å². The van der Waals surface area contributed by atoms with Crippen LogP contribution in [-0.4, -0.2) is 26.4 Å². The van der Waals surface area contributed by atoms with Crippen LogP contribution in [0.1, 0.15) is 52.4 Å². The highest BCUT2D eigenvalue weighted by atomic mass is 32.2. The average molecular weight is 407 g/mol. The van der Waals surface area contributed by atoms with Crippen molar-refractivity contribution in [2.24, 2.45) is 28.3 Å². The van der Waals surface area contributed by atoms with Gasteiger partial charge < -0.3 is 10.6 Å². The van der Waals surface area contributed by atoms with Gasteiger partial charge in [0.1, 0.15) is 0 Å². The van der Waals surface area contributed by atoms with Gasteiger partial charge in [0.25, 0.3) is 5.91 Å². The number of hydrogen-bond acceptors (Lipinski definition) is 3. The summed E-state index contributed by atoms with van der Waals surface area (Å²) in [5.74, 6) is 2.66. The third-order valence-corrected chi connectivity index (χ3v) is 8.42. The molecule has 0 radical (unpaired) electrons. The normalized spacial score (nSPS) is 33.5. The summed E-state index contributed by atoms with van der Waals surface area (Å²) in [6, 6.07) is 6.22. The molecular weight excluding hydrogens is 374 g/mol. The number of hydrogen-bond donors (Lipinski definition) is 3. The molecule has 0 aliphatic heterocycles. The van der Waals surface area contributed by atoms with E-state index in [9.17, 15) is 13.2 Å². The van der Waals surface area contributed by atoms with Crippen molar-refractivity contribution in [3.63, 3.8) is 0 Å². The van der Waals surface area contributed by atoms with Crippen LogP contribution >= 0.6 is 0 Å². The lowest BCUT2D eigenvalue weighted by atomic mass is 9.48. The molecule has 4 aliphatic carbocycles. The molecule has 2 atom stereocenters. The minimum Gasteiger partial charge on any atom is -0.334 e. The summed E-state index contributed by atoms with van der Waals surface area (Å²) in [6.07, 6.45) is 8.28. The first-order valence-electron chi connectivity index (χ1n) is 10.4. The van der Waals surface area contributed by atoms with Gasteiger partial charge >= 0.3 is 0 Å². The average Bonchev–Trinajstić information content (AvgIpc) is 2.60. The van der Waals surface area contributed by atoms with Gasteiger partial charge in [-0.3, -0.25) is 4.79 Å². The van der Waals surface area contributed by atoms with Crippen molar-refractivity contribution in [2.75, 3.05) is 5.32 Å². The molecule has 154 valence electrons. The van der Waals surface area contributed by atoms with Crippen molar-refractivity contribution in [3.8, 4) is 0 Å². The number of nitrogens with two attached hydrogens (primary N) is 2. The van der Waals surface area contributed by atoms with Gasteiger partial charge in [0.15, 0.2) is 6.04 Å². The number of rotatable bonds is 6. The molecule has 4 aliphatic rings. The van der Waals surface area contributed by atoms with E-state index in [2.05, 4.69) is 17.6 Å². The molecule has 0 heterocycles. The smallest absolute Gasteiger partial charge is 0.282 e. The van der Waals surface area contributed by atoms with E-state index in [1.165, 1.54) is 50.7 Å². The molecule has 1 aromatic carbocycles. The number of benzene rings is 1. The van der Waals surface area contributed by atoms with Gasteiger partial charge in [0, 0.05) is 11.1 Å². The van der Waals surface area contributed by atoms with E-state index in [0.29, 0.717) is 17.1 Å². The summed E-state index contributed by atoms with van der Waals surface area (Å²) in [7, 11) is -3.72. The van der Waals surface area contributed by atoms with Crippen LogP contribution in [-0.2, 0) is 14.8 Å². The highest BCUT2D eigenvalue weighted by molar-refractivity contribution is 7.89. The number of anilines is 1. The van der Waals surface area contributed by atoms with Gasteiger partial charge in [0.2, 0.25) is 10.0 Å². The lowest BCUT2D eigenvalue weighted by Crippen LogP contribution is -2.98. The Bertz CT molecular complexity index is 815. The number of amides is 1. The Labute approximate surface area is 167 Å². The summed E-state index contributed by atoms with van der Waals surface area (Å²) in [5.41, 5.74) is 0.987. The van der Waals surface area contributed by atoms with E-state index in [0.717, 1.165) is 17.8 Å². The minimum atomic E-state index is -3.72. The second kappa shape index (κ2) is 7.11. The summed E-state index contributed by atoms with van der Waals surface area (Å²) in [5, 5.41) is 10.2. The van der Waals surface area contributed by atoms with Crippen molar-refractivity contribution < 1.29 is 18.5 Å². The van der Waals surface area contributed by atoms with Crippen LogP contribution in [0.3, 0.4) is 0 Å². The monoisotopic (exact) mass is 406 g/mol. The molecular formula is C21H32N3O3S+. The Balaban J connectivity index is 1.37. The molecule has 1 aromatic rings. The highest BCUT2D eigenvalue weighted by Gasteiger charge is 2.54. The molecule has 0 spiro atoms. The summed E-state index contributed by atoms with van der Waals surface area (Å²) < 4.78 is 22.7. The second-order valence-corrected chi connectivity index (χ2v) is 11.2. The number of quaternary nitrogens is 1. The molecule has 0 saturated heterocycles. The molecule has 4 fully saturated rings. The largest absolute Gasteiger partial charge is 0.334 e. The fourth-order valence-corrected chi connectivity index (χ4v) is 6.96. The predicted molar refractivity (Wildman–Crippen MR) is 108 cm³/mol. The lowest BCUT2D eigenvalue weighted by molar-refractivity contribution is -0.718. The summed E-state index contributed by atoms with van der Waals surface area (Å²) >= 11 is 0. The predicted octanol–water partition coefficient (Wildman–Crippen LogP) is 1.83. The Morgan fingerprint density at radius 2 is 1.57 bits per heavy atom. The van der Waals surface area contributed by atoms with Gasteiger partial charge in [-0.1, -0.05) is 0 Å². The molecule has 5 N–H and O–H groups in total. The molecule has 1 amide bonds. The molecule has 0 unspecified atom stereocenters. The summed E-state index contributed by atoms with van der Waals surface area (Å²) in [6.45, 7) is 4.25. The first-order chi connectivity index (χ1) is 13.1. The van der Waals surface area contributed by atoms with E-state index < -0.39 is 10.0 Å². The van der Waals surface area contributed by atoms with E-state index in [4.69, 9.17) is 5.14 Å². The molecule has 4 saturated carbocycles. The molecule has 6 nitrogen and oxygen atoms in total. The first-order valence-corrected chi connectivity index (χ1v) is 12.0. The molecule has 28 heavy (non-hydrogen) atoms. The van der Waals surface area contributed by atoms with E-state index in [-0.39, 0.29) is 16.8 Å². The topological polar surface area (TPSA) is 106 Å². The first kappa shape index (κ1) is 19.9. The van der Waals surface area contributed by atoms with E-state index >= 15 is 0 Å². The van der Waals surface area contributed by atoms with Gasteiger partial charge in [-0.15, -0.1) is 0 Å². The zero-order chi connectivity index (χ0) is 20.1. The van der Waals surface area contributed by atoms with E-state index in [1.54, 1.807) is 12.1 Å². The molecule has 4 bridgehead atoms. The standard InChI is InChI=1S/C21H31N3O3S/c1-13(20(25)24-18-3-5-19(6-4-18)28(22,26)27)23-14(2)21-10-15-7-16(11-21)9-17(8-15)12-21/h3-6,13-17,23H,7-12H2,1-2H3,(H,24,25)(H2,22,26,27)/p+1/t13-,14+,15?,16?,17?,21?/m0/s1. The maximum absolute atomic E-state index is 12.7. The Kier molecular flexibility index (Phi) is 5.04. The van der Waals surface area contributed by atoms with Crippen molar-refractivity contribution in [1.29, 1.82) is 0 Å². The third kappa shape index (κ3) is 3.84. The maximum Gasteiger partial charge on any atom is 0.282 e. The molecule has 7 heteroatoms. The number of sulfonamides is 1. The van der Waals surface area contributed by atoms with E-state index in [1.807, 2.05) is 6.92 Å². The Morgan fingerprint density at radius 1 is 1.07 bits per heavy atom. The Hall–Kier alpha value is -1.44.